The molecule has 15 heavy (non-hydrogen) atoms. The van der Waals surface area contributed by atoms with E-state index in [9.17, 15) is 0 Å². The van der Waals surface area contributed by atoms with Crippen molar-refractivity contribution in [2.75, 3.05) is 6.61 Å². The van der Waals surface area contributed by atoms with Crippen LogP contribution in [0.5, 0.6) is 0 Å². The zero-order chi connectivity index (χ0) is 11.5. The van der Waals surface area contributed by atoms with E-state index < -0.39 is 8.07 Å². The number of ether oxygens (including phenoxy) is 1. The molecule has 0 aliphatic rings. The van der Waals surface area contributed by atoms with E-state index in [0.29, 0.717) is 6.73 Å². The van der Waals surface area contributed by atoms with Crippen molar-refractivity contribution in [3.8, 4) is 0 Å². The number of aromatic nitrogens is 2. The topological polar surface area (TPSA) is 27.1 Å². The van der Waals surface area contributed by atoms with Crippen molar-refractivity contribution in [3.63, 3.8) is 0 Å². The molecule has 0 unspecified atom stereocenters. The van der Waals surface area contributed by atoms with Crippen molar-refractivity contribution < 1.29 is 4.74 Å². The molecule has 0 radical (unpaired) electrons. The smallest absolute Gasteiger partial charge is 0.139 e. The van der Waals surface area contributed by atoms with E-state index in [1.807, 2.05) is 0 Å². The number of hydrogen-bond acceptors (Lipinski definition) is 2. The molecule has 0 amide bonds. The summed E-state index contributed by atoms with van der Waals surface area (Å²) < 4.78 is 7.30. The summed E-state index contributed by atoms with van der Waals surface area (Å²) in [6, 6.07) is 1.18. The molecular formula is C11H20N2OSi. The summed E-state index contributed by atoms with van der Waals surface area (Å²) in [6.07, 6.45) is 1.71. The van der Waals surface area contributed by atoms with Crippen LogP contribution < -0.4 is 10.6 Å². The van der Waals surface area contributed by atoms with E-state index >= 15 is 0 Å². The van der Waals surface area contributed by atoms with Gasteiger partial charge in [0.1, 0.15) is 6.73 Å². The maximum absolute atomic E-state index is 5.56. The van der Waals surface area contributed by atoms with Gasteiger partial charge in [-0.1, -0.05) is 32.8 Å². The molecule has 84 valence electrons. The monoisotopic (exact) mass is 224 g/mol. The summed E-state index contributed by atoms with van der Waals surface area (Å²) in [5, 5.41) is 5.83. The van der Waals surface area contributed by atoms with Crippen molar-refractivity contribution in [1.29, 1.82) is 0 Å². The first-order valence-corrected chi connectivity index (χ1v) is 8.88. The fourth-order valence-corrected chi connectivity index (χ4v) is 1.85. The lowest BCUT2D eigenvalue weighted by Crippen LogP contribution is -2.28. The van der Waals surface area contributed by atoms with Crippen LogP contribution in [-0.4, -0.2) is 24.5 Å². The summed E-state index contributed by atoms with van der Waals surface area (Å²) in [7, 11) is -0.986. The van der Waals surface area contributed by atoms with Crippen molar-refractivity contribution in [3.05, 3.63) is 16.8 Å². The van der Waals surface area contributed by atoms with Gasteiger partial charge in [-0.3, -0.25) is 0 Å². The molecule has 1 rings (SSSR count). The molecule has 0 N–H and O–H groups in total. The minimum atomic E-state index is -0.986. The van der Waals surface area contributed by atoms with Gasteiger partial charge < -0.3 is 4.74 Å². The molecule has 0 aliphatic heterocycles. The highest BCUT2D eigenvalue weighted by atomic mass is 28.3. The van der Waals surface area contributed by atoms with E-state index in [4.69, 9.17) is 4.74 Å². The van der Waals surface area contributed by atoms with Crippen LogP contribution in [-0.2, 0) is 11.5 Å². The molecule has 0 aliphatic carbocycles. The summed E-state index contributed by atoms with van der Waals surface area (Å²) in [6.45, 7) is 16.0. The third kappa shape index (κ3) is 4.01. The van der Waals surface area contributed by atoms with Crippen LogP contribution in [0.4, 0.5) is 0 Å². The average molecular weight is 224 g/mol. The summed E-state index contributed by atoms with van der Waals surface area (Å²) in [5.74, 6) is 0. The third-order valence-electron chi connectivity index (χ3n) is 2.25. The van der Waals surface area contributed by atoms with Gasteiger partial charge in [-0.15, -0.1) is 0 Å². The first-order chi connectivity index (χ1) is 6.90. The summed E-state index contributed by atoms with van der Waals surface area (Å²) in [5.41, 5.74) is 0. The molecule has 0 saturated carbocycles. The quantitative estimate of drug-likeness (QED) is 0.551. The van der Waals surface area contributed by atoms with E-state index in [2.05, 4.69) is 37.9 Å². The molecule has 0 atom stereocenters. The highest BCUT2D eigenvalue weighted by Crippen LogP contribution is 2.07. The SMILES string of the molecule is C=c1cnn(COCC[Si](C)(C)C)c1=C. The van der Waals surface area contributed by atoms with Gasteiger partial charge in [0.05, 0.1) is 11.5 Å². The minimum Gasteiger partial charge on any atom is -0.360 e. The molecule has 3 nitrogen and oxygen atoms in total. The van der Waals surface area contributed by atoms with Gasteiger partial charge in [0, 0.05) is 19.9 Å². The Bertz CT molecular complexity index is 405. The summed E-state index contributed by atoms with van der Waals surface area (Å²) >= 11 is 0. The van der Waals surface area contributed by atoms with Crippen LogP contribution in [0.25, 0.3) is 13.2 Å². The van der Waals surface area contributed by atoms with Gasteiger partial charge in [-0.2, -0.15) is 5.10 Å². The van der Waals surface area contributed by atoms with Crippen LogP contribution in [0, 0.1) is 0 Å². The highest BCUT2D eigenvalue weighted by molar-refractivity contribution is 6.76. The van der Waals surface area contributed by atoms with Crippen LogP contribution in [0.3, 0.4) is 0 Å². The maximum Gasteiger partial charge on any atom is 0.139 e. The molecule has 0 aromatic carbocycles. The molecule has 0 bridgehead atoms. The lowest BCUT2D eigenvalue weighted by molar-refractivity contribution is 0.0766. The second kappa shape index (κ2) is 4.77. The lowest BCUT2D eigenvalue weighted by atomic mass is 10.5. The second-order valence-corrected chi connectivity index (χ2v) is 10.6. The van der Waals surface area contributed by atoms with Crippen molar-refractivity contribution in [2.45, 2.75) is 32.4 Å². The van der Waals surface area contributed by atoms with Crippen LogP contribution in [0.2, 0.25) is 25.7 Å². The van der Waals surface area contributed by atoms with E-state index in [1.54, 1.807) is 10.9 Å². The molecule has 0 saturated heterocycles. The van der Waals surface area contributed by atoms with Crippen molar-refractivity contribution >= 4 is 21.2 Å². The molecular weight excluding hydrogens is 204 g/mol. The minimum absolute atomic E-state index is 0.485. The van der Waals surface area contributed by atoms with Crippen LogP contribution in [0.15, 0.2) is 6.20 Å². The van der Waals surface area contributed by atoms with Gasteiger partial charge in [0.15, 0.2) is 0 Å². The Hall–Kier alpha value is -0.873. The number of rotatable bonds is 5. The normalized spacial score (nSPS) is 11.9. The third-order valence-corrected chi connectivity index (χ3v) is 3.95. The zero-order valence-electron chi connectivity index (χ0n) is 9.92. The fourth-order valence-electron chi connectivity index (χ4n) is 1.09. The molecule has 0 fully saturated rings. The maximum atomic E-state index is 5.56. The fraction of sp³-hybridized carbons (Fsp3) is 0.545. The highest BCUT2D eigenvalue weighted by Gasteiger charge is 2.11. The second-order valence-electron chi connectivity index (χ2n) is 4.96. The number of hydrogen-bond donors (Lipinski definition) is 0. The van der Waals surface area contributed by atoms with Crippen LogP contribution >= 0.6 is 0 Å². The lowest BCUT2D eigenvalue weighted by Gasteiger charge is -2.15. The molecule has 1 aromatic rings. The largest absolute Gasteiger partial charge is 0.360 e. The van der Waals surface area contributed by atoms with Crippen molar-refractivity contribution in [1.82, 2.24) is 9.78 Å². The number of nitrogens with zero attached hydrogens (tertiary/aromatic N) is 2. The molecule has 0 spiro atoms. The van der Waals surface area contributed by atoms with Gasteiger partial charge in [0.2, 0.25) is 0 Å². The van der Waals surface area contributed by atoms with Gasteiger partial charge in [-0.05, 0) is 6.04 Å². The zero-order valence-corrected chi connectivity index (χ0v) is 10.9. The Balaban J connectivity index is 2.36. The Morgan fingerprint density at radius 1 is 1.40 bits per heavy atom. The van der Waals surface area contributed by atoms with E-state index in [-0.39, 0.29) is 0 Å². The summed E-state index contributed by atoms with van der Waals surface area (Å²) in [4.78, 5) is 0. The van der Waals surface area contributed by atoms with Crippen LogP contribution in [0.1, 0.15) is 0 Å². The van der Waals surface area contributed by atoms with Gasteiger partial charge in [-0.25, -0.2) is 4.68 Å². The first-order valence-electron chi connectivity index (χ1n) is 5.17. The molecule has 1 aromatic heterocycles. The Kier molecular flexibility index (Phi) is 3.88. The predicted octanol–water partition coefficient (Wildman–Crippen LogP) is 1.02. The van der Waals surface area contributed by atoms with E-state index in [1.165, 1.54) is 6.04 Å². The first kappa shape index (κ1) is 12.2. The molecule has 1 heterocycles. The van der Waals surface area contributed by atoms with Gasteiger partial charge in [0.25, 0.3) is 0 Å². The van der Waals surface area contributed by atoms with Gasteiger partial charge >= 0.3 is 0 Å². The van der Waals surface area contributed by atoms with E-state index in [0.717, 1.165) is 17.2 Å². The Morgan fingerprint density at radius 3 is 2.53 bits per heavy atom. The average Bonchev–Trinajstić information content (AvgIpc) is 2.42. The molecule has 4 heteroatoms. The Morgan fingerprint density at radius 2 is 2.07 bits per heavy atom. The van der Waals surface area contributed by atoms with Crippen molar-refractivity contribution in [2.24, 2.45) is 0 Å². The Labute approximate surface area is 92.1 Å². The standard InChI is InChI=1S/C11H20N2OSi/c1-10-8-12-13(11(10)2)9-14-6-7-15(3,4)5/h8H,1-2,6-7,9H2,3-5H3. The predicted molar refractivity (Wildman–Crippen MR) is 66.6 cm³/mol.